The van der Waals surface area contributed by atoms with E-state index in [9.17, 15) is 24.6 Å². The van der Waals surface area contributed by atoms with Gasteiger partial charge >= 0.3 is 5.97 Å². The van der Waals surface area contributed by atoms with Gasteiger partial charge in [0.15, 0.2) is 12.4 Å². The molecular weight excluding hydrogens is 391 g/mol. The van der Waals surface area contributed by atoms with E-state index < -0.39 is 58.9 Å². The van der Waals surface area contributed by atoms with Gasteiger partial charge in [-0.15, -0.1) is 0 Å². The summed E-state index contributed by atoms with van der Waals surface area (Å²) in [4.78, 5) is 35.8. The third-order valence-corrected chi connectivity index (χ3v) is 8.50. The molecule has 2 unspecified atom stereocenters. The number of fused-ring (bicyclic) bond motifs is 5. The molecule has 0 heterocycles. The average molecular weight is 420 g/mol. The molecule has 4 aliphatic rings. The molecule has 0 aromatic rings. The van der Waals surface area contributed by atoms with Gasteiger partial charge in [0.25, 0.3) is 0 Å². The summed E-state index contributed by atoms with van der Waals surface area (Å²) in [5.74, 6) is -2.69. The van der Waals surface area contributed by atoms with Crippen LogP contribution in [0.2, 0.25) is 0 Å². The van der Waals surface area contributed by atoms with Crippen LogP contribution in [0.1, 0.15) is 46.5 Å². The zero-order chi connectivity index (χ0) is 22.1. The predicted octanol–water partition coefficient (Wildman–Crippen LogP) is 2.08. The molecule has 3 fully saturated rings. The van der Waals surface area contributed by atoms with Crippen molar-refractivity contribution in [1.82, 2.24) is 0 Å². The van der Waals surface area contributed by atoms with Crippen LogP contribution in [0.3, 0.4) is 0 Å². The fourth-order valence-electron chi connectivity index (χ4n) is 6.99. The first-order valence-electron chi connectivity index (χ1n) is 10.6. The Hall–Kier alpha value is -1.86. The van der Waals surface area contributed by atoms with Crippen LogP contribution in [0.25, 0.3) is 0 Å². The number of allylic oxidation sites excluding steroid dienone is 4. The molecule has 8 atom stereocenters. The predicted molar refractivity (Wildman–Crippen MR) is 105 cm³/mol. The lowest BCUT2D eigenvalue weighted by Gasteiger charge is -2.60. The van der Waals surface area contributed by atoms with Crippen molar-refractivity contribution in [2.24, 2.45) is 28.6 Å². The molecule has 0 aliphatic heterocycles. The summed E-state index contributed by atoms with van der Waals surface area (Å²) in [5.41, 5.74) is -2.75. The van der Waals surface area contributed by atoms with Gasteiger partial charge in [0, 0.05) is 36.0 Å². The van der Waals surface area contributed by atoms with Crippen LogP contribution in [-0.4, -0.2) is 52.2 Å². The Morgan fingerprint density at radius 3 is 2.70 bits per heavy atom. The maximum absolute atomic E-state index is 15.6. The molecule has 0 saturated heterocycles. The van der Waals surface area contributed by atoms with Crippen molar-refractivity contribution in [1.29, 1.82) is 0 Å². The molecule has 2 N–H and O–H groups in total. The minimum atomic E-state index is -1.78. The zero-order valence-electron chi connectivity index (χ0n) is 17.6. The Bertz CT molecular complexity index is 864. The second-order valence-electron chi connectivity index (χ2n) is 9.91. The van der Waals surface area contributed by atoms with E-state index in [1.54, 1.807) is 13.0 Å². The maximum atomic E-state index is 15.6. The van der Waals surface area contributed by atoms with Crippen molar-refractivity contribution in [3.05, 3.63) is 23.8 Å². The number of aliphatic hydroxyl groups excluding tert-OH is 1. The van der Waals surface area contributed by atoms with Crippen LogP contribution in [0.5, 0.6) is 0 Å². The topological polar surface area (TPSA) is 101 Å². The molecule has 4 rings (SSSR count). The van der Waals surface area contributed by atoms with Crippen molar-refractivity contribution in [2.75, 3.05) is 6.61 Å². The van der Waals surface area contributed by atoms with Gasteiger partial charge in [0.05, 0.1) is 6.10 Å². The number of hydrogen-bond acceptors (Lipinski definition) is 6. The number of Topliss-reactive ketones (excluding diaryl/α,β-unsaturated/α-hetero) is 1. The number of esters is 1. The highest BCUT2D eigenvalue weighted by molar-refractivity contribution is 6.01. The number of halogens is 1. The lowest BCUT2D eigenvalue weighted by molar-refractivity contribution is -0.187. The summed E-state index contributed by atoms with van der Waals surface area (Å²) < 4.78 is 20.4. The van der Waals surface area contributed by atoms with Gasteiger partial charge < -0.3 is 14.9 Å². The highest BCUT2D eigenvalue weighted by Gasteiger charge is 2.69. The van der Waals surface area contributed by atoms with E-state index in [2.05, 4.69) is 0 Å². The number of hydrogen-bond donors (Lipinski definition) is 2. The Labute approximate surface area is 175 Å². The van der Waals surface area contributed by atoms with Gasteiger partial charge in [-0.3, -0.25) is 14.4 Å². The van der Waals surface area contributed by atoms with Gasteiger partial charge in [-0.2, -0.15) is 0 Å². The van der Waals surface area contributed by atoms with E-state index in [0.29, 0.717) is 12.0 Å². The minimum absolute atomic E-state index is 0.104. The van der Waals surface area contributed by atoms with Crippen molar-refractivity contribution in [3.8, 4) is 0 Å². The molecule has 4 aliphatic carbocycles. The monoisotopic (exact) mass is 420 g/mol. The molecule has 0 aromatic carbocycles. The average Bonchev–Trinajstić information content (AvgIpc) is 2.92. The quantitative estimate of drug-likeness (QED) is 0.678. The Morgan fingerprint density at radius 2 is 2.03 bits per heavy atom. The Kier molecular flexibility index (Phi) is 4.86. The Balaban J connectivity index is 1.71. The summed E-state index contributed by atoms with van der Waals surface area (Å²) >= 11 is 0. The standard InChI is InChI=1S/C23H29FO6/c1-12(25)30-11-18(28)23(29)7-5-15-19-16(24)9-13-8-14(26)4-6-21(13,2)20(19)17(27)10-22(15,23)3/h4,6,8,15-17,19-20,27,29H,5,7,9-11H2,1-3H3/t15-,16?,17?,19+,20-,21-,22-,23-/m0/s1. The number of ether oxygens (including phenoxy) is 1. The number of ketones is 2. The molecule has 0 bridgehead atoms. The summed E-state index contributed by atoms with van der Waals surface area (Å²) in [7, 11) is 0. The van der Waals surface area contributed by atoms with Gasteiger partial charge in [-0.05, 0) is 37.3 Å². The van der Waals surface area contributed by atoms with E-state index in [4.69, 9.17) is 4.74 Å². The van der Waals surface area contributed by atoms with E-state index in [1.165, 1.54) is 19.1 Å². The molecule has 30 heavy (non-hydrogen) atoms. The first-order valence-corrected chi connectivity index (χ1v) is 10.6. The fraction of sp³-hybridized carbons (Fsp3) is 0.696. The van der Waals surface area contributed by atoms with Crippen LogP contribution in [-0.2, 0) is 19.1 Å². The molecule has 0 amide bonds. The summed E-state index contributed by atoms with van der Waals surface area (Å²) in [6.45, 7) is 4.34. The molecule has 164 valence electrons. The summed E-state index contributed by atoms with van der Waals surface area (Å²) in [6, 6.07) is 0. The fourth-order valence-corrected chi connectivity index (χ4v) is 6.99. The lowest BCUT2D eigenvalue weighted by Crippen LogP contribution is -2.63. The lowest BCUT2D eigenvalue weighted by atomic mass is 9.45. The van der Waals surface area contributed by atoms with Crippen molar-refractivity contribution >= 4 is 17.5 Å². The van der Waals surface area contributed by atoms with Crippen molar-refractivity contribution < 1.29 is 33.7 Å². The van der Waals surface area contributed by atoms with E-state index in [1.807, 2.05) is 6.92 Å². The smallest absolute Gasteiger partial charge is 0.303 e. The minimum Gasteiger partial charge on any atom is -0.458 e. The molecule has 7 heteroatoms. The first-order chi connectivity index (χ1) is 13.9. The van der Waals surface area contributed by atoms with Crippen molar-refractivity contribution in [3.63, 3.8) is 0 Å². The van der Waals surface area contributed by atoms with Gasteiger partial charge in [0.1, 0.15) is 11.8 Å². The van der Waals surface area contributed by atoms with Gasteiger partial charge in [-0.1, -0.05) is 25.5 Å². The van der Waals surface area contributed by atoms with E-state index in [0.717, 1.165) is 0 Å². The Morgan fingerprint density at radius 1 is 1.33 bits per heavy atom. The van der Waals surface area contributed by atoms with E-state index in [-0.39, 0.29) is 31.0 Å². The summed E-state index contributed by atoms with van der Waals surface area (Å²) in [6.07, 6.45) is 3.35. The largest absolute Gasteiger partial charge is 0.458 e. The molecule has 0 spiro atoms. The molecule has 0 aromatic heterocycles. The second-order valence-corrected chi connectivity index (χ2v) is 9.91. The number of alkyl halides is 1. The normalized spacial score (nSPS) is 47.1. The van der Waals surface area contributed by atoms with Crippen LogP contribution in [0, 0.1) is 28.6 Å². The maximum Gasteiger partial charge on any atom is 0.303 e. The van der Waals surface area contributed by atoms with Crippen LogP contribution in [0.4, 0.5) is 4.39 Å². The van der Waals surface area contributed by atoms with Crippen molar-refractivity contribution in [2.45, 2.75) is 64.3 Å². The SMILES string of the molecule is CC(=O)OCC(=O)[C@@]1(O)CC[C@H]2[C@@H]3C(F)CC4=CC(=O)C=C[C@]4(C)[C@H]3C(O)C[C@@]21C. The number of carbonyl (C=O) groups excluding carboxylic acids is 3. The number of rotatable bonds is 3. The highest BCUT2D eigenvalue weighted by Crippen LogP contribution is 2.67. The number of carbonyl (C=O) groups is 3. The van der Waals surface area contributed by atoms with Crippen LogP contribution >= 0.6 is 0 Å². The summed E-state index contributed by atoms with van der Waals surface area (Å²) in [5, 5.41) is 22.6. The molecule has 3 saturated carbocycles. The third-order valence-electron chi connectivity index (χ3n) is 8.50. The molecule has 6 nitrogen and oxygen atoms in total. The number of aliphatic hydroxyl groups is 2. The molecular formula is C23H29FO6. The molecule has 0 radical (unpaired) electrons. The third kappa shape index (κ3) is 2.78. The van der Waals surface area contributed by atoms with Gasteiger partial charge in [0.2, 0.25) is 5.78 Å². The van der Waals surface area contributed by atoms with Gasteiger partial charge in [-0.25, -0.2) is 4.39 Å². The zero-order valence-corrected chi connectivity index (χ0v) is 17.6. The van der Waals surface area contributed by atoms with Crippen LogP contribution < -0.4 is 0 Å². The first kappa shape index (κ1) is 21.4. The van der Waals surface area contributed by atoms with E-state index >= 15 is 4.39 Å². The van der Waals surface area contributed by atoms with Crippen LogP contribution in [0.15, 0.2) is 23.8 Å². The second kappa shape index (κ2) is 6.82. The highest BCUT2D eigenvalue weighted by atomic mass is 19.1.